The third-order valence-corrected chi connectivity index (χ3v) is 4.16. The summed E-state index contributed by atoms with van der Waals surface area (Å²) in [6, 6.07) is 13.0. The number of para-hydroxylation sites is 1. The Morgan fingerprint density at radius 2 is 1.95 bits per heavy atom. The first-order valence-corrected chi connectivity index (χ1v) is 7.61. The zero-order valence-corrected chi connectivity index (χ0v) is 13.4. The van der Waals surface area contributed by atoms with Gasteiger partial charge in [0.1, 0.15) is 0 Å². The molecule has 1 amide bonds. The number of nitrogens with one attached hydrogen (secondary N) is 2. The largest absolute Gasteiger partial charge is 0.358 e. The van der Waals surface area contributed by atoms with Crippen molar-refractivity contribution in [3.05, 3.63) is 69.3 Å². The summed E-state index contributed by atoms with van der Waals surface area (Å²) in [6.07, 6.45) is 0. The molecule has 0 aliphatic heterocycles. The third kappa shape index (κ3) is 2.82. The molecular weight excluding hydrogens is 319 g/mol. The minimum Gasteiger partial charge on any atom is -0.358 e. The topological polar surface area (TPSA) is 44.9 Å². The third-order valence-electron chi connectivity index (χ3n) is 3.58. The van der Waals surface area contributed by atoms with E-state index < -0.39 is 0 Å². The molecule has 3 nitrogen and oxygen atoms in total. The molecule has 5 heteroatoms. The predicted octanol–water partition coefficient (Wildman–Crippen LogP) is 4.71. The molecule has 3 aromatic rings. The Kier molecular flexibility index (Phi) is 4.10. The second kappa shape index (κ2) is 6.03. The van der Waals surface area contributed by atoms with Gasteiger partial charge in [-0.1, -0.05) is 47.5 Å². The summed E-state index contributed by atoms with van der Waals surface area (Å²) in [6.45, 7) is 2.25. The van der Waals surface area contributed by atoms with Gasteiger partial charge in [0.15, 0.2) is 0 Å². The Hall–Kier alpha value is -1.97. The molecule has 0 unspecified atom stereocenters. The van der Waals surface area contributed by atoms with E-state index in [1.54, 1.807) is 12.1 Å². The highest BCUT2D eigenvalue weighted by Gasteiger charge is 2.15. The summed E-state index contributed by atoms with van der Waals surface area (Å²) < 4.78 is 0. The van der Waals surface area contributed by atoms with E-state index in [9.17, 15) is 4.79 Å². The summed E-state index contributed by atoms with van der Waals surface area (Å²) in [5.74, 6) is -0.124. The molecule has 0 saturated heterocycles. The maximum absolute atomic E-state index is 12.5. The van der Waals surface area contributed by atoms with Gasteiger partial charge in [-0.25, -0.2) is 0 Å². The van der Waals surface area contributed by atoms with Gasteiger partial charge < -0.3 is 10.3 Å². The van der Waals surface area contributed by atoms with E-state index in [0.717, 1.165) is 22.2 Å². The van der Waals surface area contributed by atoms with Crippen LogP contribution in [0.25, 0.3) is 10.9 Å². The van der Waals surface area contributed by atoms with Crippen LogP contribution in [-0.4, -0.2) is 10.9 Å². The van der Waals surface area contributed by atoms with Crippen molar-refractivity contribution >= 4 is 40.0 Å². The van der Waals surface area contributed by atoms with E-state index >= 15 is 0 Å². The highest BCUT2D eigenvalue weighted by Crippen LogP contribution is 2.23. The normalized spacial score (nSPS) is 10.9. The van der Waals surface area contributed by atoms with Crippen LogP contribution in [0.15, 0.2) is 42.5 Å². The summed E-state index contributed by atoms with van der Waals surface area (Å²) in [4.78, 5) is 15.7. The number of carbonyl (C=O) groups excluding carboxylic acids is 1. The van der Waals surface area contributed by atoms with Crippen LogP contribution in [0.2, 0.25) is 10.0 Å². The number of H-pyrrole nitrogens is 1. The molecule has 2 aromatic carbocycles. The zero-order valence-electron chi connectivity index (χ0n) is 11.9. The molecule has 0 aliphatic rings. The lowest BCUT2D eigenvalue weighted by molar-refractivity contribution is 0.0952. The van der Waals surface area contributed by atoms with Crippen LogP contribution in [0.1, 0.15) is 21.6 Å². The number of fused-ring (bicyclic) bond motifs is 1. The molecule has 1 heterocycles. The standard InChI is InChI=1S/C17H14Cl2N2O/c1-10-16(13-4-2-3-5-15(13)21-10)17(22)20-9-11-6-7-12(18)8-14(11)19/h2-8,21H,9H2,1H3,(H,20,22). The number of aryl methyl sites for hydroxylation is 1. The van der Waals surface area contributed by atoms with Gasteiger partial charge in [0.05, 0.1) is 5.56 Å². The van der Waals surface area contributed by atoms with Crippen molar-refractivity contribution in [1.82, 2.24) is 10.3 Å². The van der Waals surface area contributed by atoms with Crippen molar-refractivity contribution in [2.45, 2.75) is 13.5 Å². The van der Waals surface area contributed by atoms with E-state index in [1.807, 2.05) is 37.3 Å². The lowest BCUT2D eigenvalue weighted by atomic mass is 10.1. The van der Waals surface area contributed by atoms with E-state index in [0.29, 0.717) is 22.2 Å². The average molecular weight is 333 g/mol. The molecule has 0 atom stereocenters. The molecule has 1 aromatic heterocycles. The maximum Gasteiger partial charge on any atom is 0.253 e. The lowest BCUT2D eigenvalue weighted by Gasteiger charge is -2.08. The number of hydrogen-bond donors (Lipinski definition) is 2. The van der Waals surface area contributed by atoms with Gasteiger partial charge in [0.25, 0.3) is 5.91 Å². The van der Waals surface area contributed by atoms with Crippen LogP contribution in [0.5, 0.6) is 0 Å². The number of benzene rings is 2. The fraction of sp³-hybridized carbons (Fsp3) is 0.118. The van der Waals surface area contributed by atoms with Gasteiger partial charge in [-0.05, 0) is 30.7 Å². The number of hydrogen-bond acceptors (Lipinski definition) is 1. The number of rotatable bonds is 3. The van der Waals surface area contributed by atoms with E-state index in [1.165, 1.54) is 0 Å². The van der Waals surface area contributed by atoms with Crippen LogP contribution in [0, 0.1) is 6.92 Å². The Bertz CT molecular complexity index is 855. The van der Waals surface area contributed by atoms with Crippen molar-refractivity contribution in [3.8, 4) is 0 Å². The van der Waals surface area contributed by atoms with Gasteiger partial charge in [-0.3, -0.25) is 4.79 Å². The predicted molar refractivity (Wildman–Crippen MR) is 90.7 cm³/mol. The van der Waals surface area contributed by atoms with Gasteiger partial charge >= 0.3 is 0 Å². The minimum absolute atomic E-state index is 0.124. The average Bonchev–Trinajstić information content (AvgIpc) is 2.82. The Morgan fingerprint density at radius 1 is 1.18 bits per heavy atom. The number of halogens is 2. The van der Waals surface area contributed by atoms with Crippen molar-refractivity contribution in [2.75, 3.05) is 0 Å². The van der Waals surface area contributed by atoms with Gasteiger partial charge in [-0.15, -0.1) is 0 Å². The second-order valence-corrected chi connectivity index (χ2v) is 5.93. The Balaban J connectivity index is 1.83. The van der Waals surface area contributed by atoms with E-state index in [2.05, 4.69) is 10.3 Å². The fourth-order valence-corrected chi connectivity index (χ4v) is 2.97. The van der Waals surface area contributed by atoms with Crippen LogP contribution >= 0.6 is 23.2 Å². The van der Waals surface area contributed by atoms with Crippen molar-refractivity contribution in [1.29, 1.82) is 0 Å². The molecular formula is C17H14Cl2N2O. The Morgan fingerprint density at radius 3 is 2.73 bits per heavy atom. The van der Waals surface area contributed by atoms with Crippen LogP contribution in [0.4, 0.5) is 0 Å². The first kappa shape index (κ1) is 14.9. The lowest BCUT2D eigenvalue weighted by Crippen LogP contribution is -2.23. The highest BCUT2D eigenvalue weighted by atomic mass is 35.5. The quantitative estimate of drug-likeness (QED) is 0.716. The van der Waals surface area contributed by atoms with Gasteiger partial charge in [0, 0.05) is 33.2 Å². The van der Waals surface area contributed by atoms with Crippen molar-refractivity contribution < 1.29 is 4.79 Å². The van der Waals surface area contributed by atoms with Crippen molar-refractivity contribution in [3.63, 3.8) is 0 Å². The smallest absolute Gasteiger partial charge is 0.253 e. The van der Waals surface area contributed by atoms with E-state index in [-0.39, 0.29) is 5.91 Å². The van der Waals surface area contributed by atoms with Crippen LogP contribution < -0.4 is 5.32 Å². The number of amides is 1. The molecule has 0 bridgehead atoms. The van der Waals surface area contributed by atoms with Crippen molar-refractivity contribution in [2.24, 2.45) is 0 Å². The molecule has 0 aliphatic carbocycles. The molecule has 3 rings (SSSR count). The Labute approximate surface area is 138 Å². The molecule has 0 fully saturated rings. The molecule has 0 saturated carbocycles. The number of aromatic amines is 1. The summed E-state index contributed by atoms with van der Waals surface area (Å²) >= 11 is 12.0. The van der Waals surface area contributed by atoms with Crippen LogP contribution in [0.3, 0.4) is 0 Å². The molecule has 112 valence electrons. The summed E-state index contributed by atoms with van der Waals surface area (Å²) in [5.41, 5.74) is 3.30. The second-order valence-electron chi connectivity index (χ2n) is 5.09. The number of carbonyl (C=O) groups is 1. The monoisotopic (exact) mass is 332 g/mol. The molecule has 2 N–H and O–H groups in total. The molecule has 22 heavy (non-hydrogen) atoms. The van der Waals surface area contributed by atoms with Crippen LogP contribution in [-0.2, 0) is 6.54 Å². The first-order valence-electron chi connectivity index (χ1n) is 6.85. The zero-order chi connectivity index (χ0) is 15.7. The summed E-state index contributed by atoms with van der Waals surface area (Å²) in [7, 11) is 0. The first-order chi connectivity index (χ1) is 10.6. The fourth-order valence-electron chi connectivity index (χ4n) is 2.50. The summed E-state index contributed by atoms with van der Waals surface area (Å²) in [5, 5.41) is 4.95. The molecule has 0 spiro atoms. The van der Waals surface area contributed by atoms with Gasteiger partial charge in [-0.2, -0.15) is 0 Å². The SMILES string of the molecule is Cc1[nH]c2ccccc2c1C(=O)NCc1ccc(Cl)cc1Cl. The van der Waals surface area contributed by atoms with Gasteiger partial charge in [0.2, 0.25) is 0 Å². The highest BCUT2D eigenvalue weighted by molar-refractivity contribution is 6.35. The minimum atomic E-state index is -0.124. The number of aromatic nitrogens is 1. The van der Waals surface area contributed by atoms with E-state index in [4.69, 9.17) is 23.2 Å². The molecule has 0 radical (unpaired) electrons. The maximum atomic E-state index is 12.5.